The molecule has 0 aliphatic heterocycles. The molecule has 2 nitrogen and oxygen atoms in total. The van der Waals surface area contributed by atoms with E-state index in [-0.39, 0.29) is 6.04 Å². The van der Waals surface area contributed by atoms with Crippen molar-refractivity contribution < 1.29 is 9.13 Å². The molecule has 0 saturated heterocycles. The molecule has 1 fully saturated rings. The first-order valence-corrected chi connectivity index (χ1v) is 3.71. The first kappa shape index (κ1) is 7.95. The third kappa shape index (κ3) is 1.92. The van der Waals surface area contributed by atoms with Crippen molar-refractivity contribution in [2.45, 2.75) is 25.1 Å². The molecule has 0 aromatic rings. The molecule has 10 heavy (non-hydrogen) atoms. The first-order chi connectivity index (χ1) is 4.84. The number of hydrogen-bond acceptors (Lipinski definition) is 2. The normalized spacial score (nSPS) is 31.8. The highest BCUT2D eigenvalue weighted by Crippen LogP contribution is 2.22. The molecule has 1 aliphatic rings. The average Bonchev–Trinajstić information content (AvgIpc) is 1.95. The Morgan fingerprint density at radius 1 is 1.60 bits per heavy atom. The van der Waals surface area contributed by atoms with Gasteiger partial charge in [0.25, 0.3) is 0 Å². The number of methoxy groups -OCH3 is 1. The fraction of sp³-hybridized carbons (Fsp3) is 1.00. The van der Waals surface area contributed by atoms with E-state index in [9.17, 15) is 4.39 Å². The predicted octanol–water partition coefficient (Wildman–Crippen LogP) is 0.723. The molecule has 2 unspecified atom stereocenters. The van der Waals surface area contributed by atoms with Crippen molar-refractivity contribution in [3.8, 4) is 0 Å². The van der Waals surface area contributed by atoms with Crippen LogP contribution in [0.25, 0.3) is 0 Å². The second-order valence-electron chi connectivity index (χ2n) is 2.65. The van der Waals surface area contributed by atoms with Gasteiger partial charge >= 0.3 is 0 Å². The van der Waals surface area contributed by atoms with Gasteiger partial charge in [0.1, 0.15) is 6.17 Å². The summed E-state index contributed by atoms with van der Waals surface area (Å²) in [5.41, 5.74) is 0. The topological polar surface area (TPSA) is 21.3 Å². The van der Waals surface area contributed by atoms with E-state index in [2.05, 4.69) is 5.32 Å². The van der Waals surface area contributed by atoms with E-state index >= 15 is 0 Å². The summed E-state index contributed by atoms with van der Waals surface area (Å²) in [6, 6.07) is 0.107. The van der Waals surface area contributed by atoms with E-state index in [1.807, 2.05) is 0 Å². The van der Waals surface area contributed by atoms with Gasteiger partial charge in [-0.3, -0.25) is 0 Å². The molecule has 1 rings (SSSR count). The zero-order chi connectivity index (χ0) is 7.40. The molecule has 0 aromatic carbocycles. The van der Waals surface area contributed by atoms with Gasteiger partial charge in [-0.2, -0.15) is 0 Å². The van der Waals surface area contributed by atoms with Gasteiger partial charge in [-0.15, -0.1) is 0 Å². The quantitative estimate of drug-likeness (QED) is 0.592. The summed E-state index contributed by atoms with van der Waals surface area (Å²) in [4.78, 5) is 0. The number of rotatable bonds is 4. The Morgan fingerprint density at radius 2 is 2.40 bits per heavy atom. The summed E-state index contributed by atoms with van der Waals surface area (Å²) < 4.78 is 17.3. The molecule has 0 spiro atoms. The van der Waals surface area contributed by atoms with Gasteiger partial charge in [-0.1, -0.05) is 0 Å². The highest BCUT2D eigenvalue weighted by atomic mass is 19.1. The van der Waals surface area contributed by atoms with Crippen LogP contribution in [0.3, 0.4) is 0 Å². The van der Waals surface area contributed by atoms with Crippen LogP contribution in [0.5, 0.6) is 0 Å². The van der Waals surface area contributed by atoms with Crippen LogP contribution in [0, 0.1) is 0 Å². The van der Waals surface area contributed by atoms with E-state index in [4.69, 9.17) is 4.74 Å². The Kier molecular flexibility index (Phi) is 3.09. The number of alkyl halides is 1. The molecular weight excluding hydrogens is 133 g/mol. The van der Waals surface area contributed by atoms with Crippen molar-refractivity contribution in [2.24, 2.45) is 0 Å². The van der Waals surface area contributed by atoms with Crippen LogP contribution < -0.4 is 5.32 Å². The summed E-state index contributed by atoms with van der Waals surface area (Å²) >= 11 is 0. The molecule has 0 amide bonds. The summed E-state index contributed by atoms with van der Waals surface area (Å²) in [5.74, 6) is 0. The second-order valence-corrected chi connectivity index (χ2v) is 2.65. The summed E-state index contributed by atoms with van der Waals surface area (Å²) in [7, 11) is 1.65. The average molecular weight is 147 g/mol. The number of halogens is 1. The van der Waals surface area contributed by atoms with Crippen molar-refractivity contribution in [1.29, 1.82) is 0 Å². The van der Waals surface area contributed by atoms with Gasteiger partial charge in [-0.25, -0.2) is 4.39 Å². The van der Waals surface area contributed by atoms with Gasteiger partial charge < -0.3 is 10.1 Å². The summed E-state index contributed by atoms with van der Waals surface area (Å²) in [6.07, 6.45) is 1.09. The Balaban J connectivity index is 1.92. The van der Waals surface area contributed by atoms with Crippen molar-refractivity contribution in [1.82, 2.24) is 5.32 Å². The number of nitrogens with one attached hydrogen (secondary N) is 1. The zero-order valence-electron chi connectivity index (χ0n) is 6.27. The van der Waals surface area contributed by atoms with Crippen molar-refractivity contribution >= 4 is 0 Å². The maximum absolute atomic E-state index is 12.5. The van der Waals surface area contributed by atoms with Crippen molar-refractivity contribution in [2.75, 3.05) is 20.3 Å². The molecule has 0 radical (unpaired) electrons. The van der Waals surface area contributed by atoms with Gasteiger partial charge in [0, 0.05) is 19.7 Å². The lowest BCUT2D eigenvalue weighted by Crippen LogP contribution is -2.46. The smallest absolute Gasteiger partial charge is 0.115 e. The van der Waals surface area contributed by atoms with Gasteiger partial charge in [0.15, 0.2) is 0 Å². The third-order valence-corrected chi connectivity index (χ3v) is 1.90. The molecule has 3 heteroatoms. The van der Waals surface area contributed by atoms with E-state index in [0.29, 0.717) is 6.61 Å². The molecule has 2 atom stereocenters. The Morgan fingerprint density at radius 3 is 2.80 bits per heavy atom. The number of hydrogen-bond donors (Lipinski definition) is 1. The fourth-order valence-electron chi connectivity index (χ4n) is 1.04. The molecule has 0 aromatic heterocycles. The minimum Gasteiger partial charge on any atom is -0.383 e. The van der Waals surface area contributed by atoms with Crippen LogP contribution in [0.4, 0.5) is 4.39 Å². The van der Waals surface area contributed by atoms with Crippen LogP contribution in [0.1, 0.15) is 12.8 Å². The molecule has 1 aliphatic carbocycles. The largest absolute Gasteiger partial charge is 0.383 e. The second kappa shape index (κ2) is 3.88. The summed E-state index contributed by atoms with van der Waals surface area (Å²) in [6.45, 7) is 1.44. The molecule has 0 heterocycles. The molecule has 1 N–H and O–H groups in total. The van der Waals surface area contributed by atoms with E-state index in [0.717, 1.165) is 19.4 Å². The monoisotopic (exact) mass is 147 g/mol. The lowest BCUT2D eigenvalue weighted by molar-refractivity contribution is 0.127. The van der Waals surface area contributed by atoms with Crippen LogP contribution in [-0.4, -0.2) is 32.5 Å². The lowest BCUT2D eigenvalue weighted by atomic mass is 9.91. The minimum absolute atomic E-state index is 0.107. The Bertz CT molecular complexity index is 99.6. The maximum Gasteiger partial charge on any atom is 0.115 e. The molecular formula is C7H14FNO. The lowest BCUT2D eigenvalue weighted by Gasteiger charge is -2.31. The Hall–Kier alpha value is -0.150. The van der Waals surface area contributed by atoms with Crippen LogP contribution >= 0.6 is 0 Å². The molecule has 1 saturated carbocycles. The standard InChI is InChI=1S/C7H14FNO/c1-10-5-4-9-7-3-2-6(7)8/h6-7,9H,2-5H2,1H3. The van der Waals surface area contributed by atoms with Crippen molar-refractivity contribution in [3.63, 3.8) is 0 Å². The third-order valence-electron chi connectivity index (χ3n) is 1.90. The van der Waals surface area contributed by atoms with Gasteiger partial charge in [0.2, 0.25) is 0 Å². The van der Waals surface area contributed by atoms with Gasteiger partial charge in [0.05, 0.1) is 6.61 Å². The molecule has 60 valence electrons. The zero-order valence-corrected chi connectivity index (χ0v) is 6.27. The SMILES string of the molecule is COCCNC1CCC1F. The first-order valence-electron chi connectivity index (χ1n) is 3.71. The van der Waals surface area contributed by atoms with E-state index in [1.165, 1.54) is 0 Å². The minimum atomic E-state index is -0.614. The van der Waals surface area contributed by atoms with Crippen LogP contribution in [0.15, 0.2) is 0 Å². The summed E-state index contributed by atoms with van der Waals surface area (Å²) in [5, 5.41) is 3.07. The number of ether oxygens (including phenoxy) is 1. The van der Waals surface area contributed by atoms with Crippen molar-refractivity contribution in [3.05, 3.63) is 0 Å². The highest BCUT2D eigenvalue weighted by molar-refractivity contribution is 4.86. The van der Waals surface area contributed by atoms with E-state index < -0.39 is 6.17 Å². The highest BCUT2D eigenvalue weighted by Gasteiger charge is 2.29. The predicted molar refractivity (Wildman–Crippen MR) is 37.8 cm³/mol. The van der Waals surface area contributed by atoms with E-state index in [1.54, 1.807) is 7.11 Å². The van der Waals surface area contributed by atoms with Crippen LogP contribution in [0.2, 0.25) is 0 Å². The molecule has 0 bridgehead atoms. The maximum atomic E-state index is 12.5. The van der Waals surface area contributed by atoms with Crippen LogP contribution in [-0.2, 0) is 4.74 Å². The fourth-order valence-corrected chi connectivity index (χ4v) is 1.04. The van der Waals surface area contributed by atoms with Gasteiger partial charge in [-0.05, 0) is 12.8 Å². The Labute approximate surface area is 60.8 Å².